The highest BCUT2D eigenvalue weighted by molar-refractivity contribution is 7.89. The number of sulfonamides is 1. The largest absolute Gasteiger partial charge is 0.479 e. The Morgan fingerprint density at radius 3 is 2.32 bits per heavy atom. The van der Waals surface area contributed by atoms with E-state index in [9.17, 15) is 18.0 Å². The van der Waals surface area contributed by atoms with Crippen LogP contribution in [-0.2, 0) is 19.6 Å². The van der Waals surface area contributed by atoms with E-state index >= 15 is 0 Å². The summed E-state index contributed by atoms with van der Waals surface area (Å²) in [6.45, 7) is 1.73. The second kappa shape index (κ2) is 7.87. The van der Waals surface area contributed by atoms with Crippen LogP contribution >= 0.6 is 0 Å². The first-order valence-corrected chi connectivity index (χ1v) is 7.93. The molecule has 0 aliphatic rings. The molecule has 0 aliphatic heterocycles. The van der Waals surface area contributed by atoms with Gasteiger partial charge in [0, 0.05) is 19.2 Å². The van der Waals surface area contributed by atoms with Crippen molar-refractivity contribution >= 4 is 21.9 Å². The van der Waals surface area contributed by atoms with Gasteiger partial charge in [0.25, 0.3) is 5.91 Å². The summed E-state index contributed by atoms with van der Waals surface area (Å²) in [5.41, 5.74) is 0.218. The van der Waals surface area contributed by atoms with Gasteiger partial charge in [-0.3, -0.25) is 4.79 Å². The normalized spacial score (nSPS) is 12.6. The van der Waals surface area contributed by atoms with Gasteiger partial charge in [0.2, 0.25) is 10.0 Å². The predicted molar refractivity (Wildman–Crippen MR) is 78.1 cm³/mol. The summed E-state index contributed by atoms with van der Waals surface area (Å²) in [5.74, 6) is -1.70. The quantitative estimate of drug-likeness (QED) is 0.607. The van der Waals surface area contributed by atoms with Crippen LogP contribution in [0.5, 0.6) is 0 Å². The minimum atomic E-state index is -3.57. The third-order valence-electron chi connectivity index (χ3n) is 2.77. The number of ether oxygens (including phenoxy) is 1. The van der Waals surface area contributed by atoms with Gasteiger partial charge in [-0.25, -0.2) is 17.9 Å². The fourth-order valence-electron chi connectivity index (χ4n) is 1.62. The van der Waals surface area contributed by atoms with E-state index in [4.69, 9.17) is 5.11 Å². The van der Waals surface area contributed by atoms with Crippen LogP contribution in [0, 0.1) is 0 Å². The summed E-state index contributed by atoms with van der Waals surface area (Å²) in [7, 11) is -2.35. The number of nitrogens with one attached hydrogen (secondary N) is 2. The molecule has 0 spiro atoms. The SMILES string of the molecule is CCNS(=O)(=O)c1ccc(C(=O)NCC(OC)C(=O)O)cc1. The summed E-state index contributed by atoms with van der Waals surface area (Å²) in [4.78, 5) is 22.6. The van der Waals surface area contributed by atoms with Crippen molar-refractivity contribution in [3.8, 4) is 0 Å². The Bertz CT molecular complexity index is 626. The molecule has 1 aromatic carbocycles. The smallest absolute Gasteiger partial charge is 0.334 e. The van der Waals surface area contributed by atoms with Crippen molar-refractivity contribution in [3.05, 3.63) is 29.8 Å². The first-order valence-electron chi connectivity index (χ1n) is 6.45. The number of benzene rings is 1. The average Bonchev–Trinajstić information content (AvgIpc) is 2.47. The van der Waals surface area contributed by atoms with E-state index in [-0.39, 0.29) is 23.5 Å². The lowest BCUT2D eigenvalue weighted by Gasteiger charge is -2.11. The molecular weight excluding hydrogens is 312 g/mol. The molecule has 0 saturated heterocycles. The van der Waals surface area contributed by atoms with Crippen LogP contribution in [0.3, 0.4) is 0 Å². The average molecular weight is 330 g/mol. The number of hydrogen-bond donors (Lipinski definition) is 3. The van der Waals surface area contributed by atoms with Crippen LogP contribution in [-0.4, -0.2) is 51.7 Å². The van der Waals surface area contributed by atoms with Crippen LogP contribution in [0.4, 0.5) is 0 Å². The Hall–Kier alpha value is -1.97. The van der Waals surface area contributed by atoms with Gasteiger partial charge in [-0.1, -0.05) is 6.92 Å². The summed E-state index contributed by atoms with van der Waals surface area (Å²) in [6.07, 6.45) is -1.14. The second-order valence-electron chi connectivity index (χ2n) is 4.30. The van der Waals surface area contributed by atoms with Crippen molar-refractivity contribution in [2.75, 3.05) is 20.2 Å². The summed E-state index contributed by atoms with van der Waals surface area (Å²) < 4.78 is 30.5. The van der Waals surface area contributed by atoms with Crippen molar-refractivity contribution in [3.63, 3.8) is 0 Å². The molecule has 0 aliphatic carbocycles. The fourth-order valence-corrected chi connectivity index (χ4v) is 2.66. The number of methoxy groups -OCH3 is 1. The minimum Gasteiger partial charge on any atom is -0.479 e. The molecule has 1 unspecified atom stereocenters. The Morgan fingerprint density at radius 2 is 1.86 bits per heavy atom. The molecular formula is C13H18N2O6S. The van der Waals surface area contributed by atoms with Crippen molar-refractivity contribution in [1.29, 1.82) is 0 Å². The third-order valence-corrected chi connectivity index (χ3v) is 4.33. The Kier molecular flexibility index (Phi) is 6.47. The van der Waals surface area contributed by atoms with Gasteiger partial charge in [-0.15, -0.1) is 0 Å². The van der Waals surface area contributed by atoms with E-state index in [1.165, 1.54) is 31.4 Å². The molecule has 0 aromatic heterocycles. The number of carboxylic acids is 1. The molecule has 0 heterocycles. The van der Waals surface area contributed by atoms with E-state index in [1.54, 1.807) is 6.92 Å². The van der Waals surface area contributed by atoms with Crippen molar-refractivity contribution in [1.82, 2.24) is 10.0 Å². The molecule has 0 bridgehead atoms. The highest BCUT2D eigenvalue weighted by Gasteiger charge is 2.18. The van der Waals surface area contributed by atoms with Crippen LogP contribution in [0.25, 0.3) is 0 Å². The molecule has 1 amide bonds. The van der Waals surface area contributed by atoms with E-state index < -0.39 is 28.0 Å². The Balaban J connectivity index is 2.74. The maximum atomic E-state index is 11.8. The molecule has 1 rings (SSSR count). The molecule has 3 N–H and O–H groups in total. The van der Waals surface area contributed by atoms with Gasteiger partial charge in [-0.2, -0.15) is 0 Å². The van der Waals surface area contributed by atoms with Gasteiger partial charge in [0.15, 0.2) is 6.10 Å². The maximum absolute atomic E-state index is 11.8. The number of rotatable bonds is 8. The van der Waals surface area contributed by atoms with Crippen LogP contribution in [0.15, 0.2) is 29.2 Å². The van der Waals surface area contributed by atoms with Crippen molar-refractivity contribution in [2.45, 2.75) is 17.9 Å². The number of hydrogen-bond acceptors (Lipinski definition) is 5. The van der Waals surface area contributed by atoms with E-state index in [2.05, 4.69) is 14.8 Å². The predicted octanol–water partition coefficient (Wildman–Crippen LogP) is -0.186. The number of carbonyl (C=O) groups is 2. The Labute approximate surface area is 128 Å². The third kappa shape index (κ3) is 4.79. The lowest BCUT2D eigenvalue weighted by molar-refractivity contribution is -0.148. The molecule has 0 radical (unpaired) electrons. The molecule has 0 saturated carbocycles. The zero-order valence-electron chi connectivity index (χ0n) is 12.2. The van der Waals surface area contributed by atoms with Crippen LogP contribution in [0.2, 0.25) is 0 Å². The van der Waals surface area contributed by atoms with Crippen LogP contribution in [0.1, 0.15) is 17.3 Å². The van der Waals surface area contributed by atoms with Crippen LogP contribution < -0.4 is 10.0 Å². The summed E-state index contributed by atoms with van der Waals surface area (Å²) in [6, 6.07) is 5.31. The first-order chi connectivity index (χ1) is 10.3. The monoisotopic (exact) mass is 330 g/mol. The standard InChI is InChI=1S/C13H18N2O6S/c1-3-15-22(19,20)10-6-4-9(5-7-10)12(16)14-8-11(21-2)13(17)18/h4-7,11,15H,3,8H2,1-2H3,(H,14,16)(H,17,18). The number of carbonyl (C=O) groups excluding carboxylic acids is 1. The van der Waals surface area contributed by atoms with E-state index in [1.807, 2.05) is 0 Å². The lowest BCUT2D eigenvalue weighted by Crippen LogP contribution is -2.37. The fraction of sp³-hybridized carbons (Fsp3) is 0.385. The van der Waals surface area contributed by atoms with E-state index in [0.29, 0.717) is 0 Å². The number of aliphatic carboxylic acids is 1. The summed E-state index contributed by atoms with van der Waals surface area (Å²) >= 11 is 0. The lowest BCUT2D eigenvalue weighted by atomic mass is 10.2. The highest BCUT2D eigenvalue weighted by atomic mass is 32.2. The second-order valence-corrected chi connectivity index (χ2v) is 6.07. The molecule has 122 valence electrons. The molecule has 1 aromatic rings. The maximum Gasteiger partial charge on any atom is 0.334 e. The van der Waals surface area contributed by atoms with Gasteiger partial charge >= 0.3 is 5.97 Å². The van der Waals surface area contributed by atoms with Crippen molar-refractivity contribution in [2.24, 2.45) is 0 Å². The number of carboxylic acid groups (broad SMARTS) is 1. The van der Waals surface area contributed by atoms with E-state index in [0.717, 1.165) is 0 Å². The summed E-state index contributed by atoms with van der Waals surface area (Å²) in [5, 5.41) is 11.2. The molecule has 0 fully saturated rings. The highest BCUT2D eigenvalue weighted by Crippen LogP contribution is 2.10. The van der Waals surface area contributed by atoms with Crippen molar-refractivity contribution < 1.29 is 27.9 Å². The van der Waals surface area contributed by atoms with Gasteiger partial charge < -0.3 is 15.2 Å². The Morgan fingerprint density at radius 1 is 1.27 bits per heavy atom. The first kappa shape index (κ1) is 18.1. The molecule has 22 heavy (non-hydrogen) atoms. The zero-order chi connectivity index (χ0) is 16.8. The molecule has 1 atom stereocenters. The van der Waals surface area contributed by atoms with Gasteiger partial charge in [0.05, 0.1) is 11.4 Å². The molecule has 8 nitrogen and oxygen atoms in total. The molecule has 9 heteroatoms. The van der Waals surface area contributed by atoms with Gasteiger partial charge in [0.1, 0.15) is 0 Å². The van der Waals surface area contributed by atoms with Gasteiger partial charge in [-0.05, 0) is 24.3 Å². The number of amides is 1. The minimum absolute atomic E-state index is 0.0474. The zero-order valence-corrected chi connectivity index (χ0v) is 13.0. The topological polar surface area (TPSA) is 122 Å².